The van der Waals surface area contributed by atoms with Gasteiger partial charge in [0.2, 0.25) is 6.41 Å². The number of nitrogens with zero attached hydrogens (tertiary/aromatic N) is 2. The molecular weight excluding hydrogens is 627 g/mol. The third kappa shape index (κ3) is 16.2. The molecule has 2 saturated heterocycles. The number of carbonyl (C=O) groups is 3. The number of nitrogens with one attached hydrogen (secondary N) is 1. The summed E-state index contributed by atoms with van der Waals surface area (Å²) in [5, 5.41) is 3.31. The first-order valence-corrected chi connectivity index (χ1v) is 18.2. The Labute approximate surface area is 293 Å². The molecule has 1 amide bonds. The molecule has 3 fully saturated rings. The Balaban J connectivity index is 0.000000229. The number of furan rings is 1. The highest BCUT2D eigenvalue weighted by atomic mass is 19.1. The van der Waals surface area contributed by atoms with Crippen LogP contribution in [0.15, 0.2) is 28.7 Å². The lowest BCUT2D eigenvalue weighted by atomic mass is 9.77. The molecule has 1 aromatic heterocycles. The molecule has 3 heterocycles. The van der Waals surface area contributed by atoms with E-state index < -0.39 is 6.67 Å². The number of halogens is 1. The second-order valence-corrected chi connectivity index (χ2v) is 13.4. The van der Waals surface area contributed by atoms with E-state index in [1.165, 1.54) is 45.1 Å². The van der Waals surface area contributed by atoms with Crippen LogP contribution in [0.5, 0.6) is 0 Å². The van der Waals surface area contributed by atoms with E-state index in [2.05, 4.69) is 29.1 Å². The highest BCUT2D eigenvalue weighted by Gasteiger charge is 2.34. The largest absolute Gasteiger partial charge is 0.453 e. The number of morpholine rings is 1. The van der Waals surface area contributed by atoms with E-state index in [9.17, 15) is 18.8 Å². The Morgan fingerprint density at radius 1 is 1.06 bits per heavy atom. The summed E-state index contributed by atoms with van der Waals surface area (Å²) in [6.45, 7) is 11.0. The van der Waals surface area contributed by atoms with Crippen molar-refractivity contribution >= 4 is 35.6 Å². The molecule has 2 aliphatic heterocycles. The van der Waals surface area contributed by atoms with Crippen molar-refractivity contribution in [1.29, 1.82) is 0 Å². The maximum absolute atomic E-state index is 11.9. The molecular formula is C38H63FN4O6. The van der Waals surface area contributed by atoms with Gasteiger partial charge in [-0.25, -0.2) is 4.39 Å². The molecule has 1 aliphatic carbocycles. The fraction of sp³-hybridized carbons (Fsp3) is 0.711. The van der Waals surface area contributed by atoms with Crippen LogP contribution in [0.25, 0.3) is 11.0 Å². The molecule has 1 aromatic carbocycles. The second-order valence-electron chi connectivity index (χ2n) is 13.4. The molecule has 278 valence electrons. The fourth-order valence-corrected chi connectivity index (χ4v) is 6.73. The third-order valence-electron chi connectivity index (χ3n) is 10.0. The number of ether oxygens (including phenoxy) is 2. The van der Waals surface area contributed by atoms with Crippen molar-refractivity contribution in [3.8, 4) is 0 Å². The average molecular weight is 691 g/mol. The summed E-state index contributed by atoms with van der Waals surface area (Å²) in [4.78, 5) is 35.9. The van der Waals surface area contributed by atoms with Crippen molar-refractivity contribution in [3.05, 3.63) is 30.0 Å². The maximum Gasteiger partial charge on any atom is 0.211 e. The van der Waals surface area contributed by atoms with E-state index in [1.807, 2.05) is 6.92 Å². The van der Waals surface area contributed by atoms with Crippen LogP contribution in [0.3, 0.4) is 0 Å². The molecule has 3 N–H and O–H groups in total. The van der Waals surface area contributed by atoms with Gasteiger partial charge in [-0.05, 0) is 82.3 Å². The molecule has 0 spiro atoms. The van der Waals surface area contributed by atoms with Crippen LogP contribution in [0.2, 0.25) is 0 Å². The number of aldehydes is 2. The summed E-state index contributed by atoms with van der Waals surface area (Å²) < 4.78 is 27.2. The molecule has 10 nitrogen and oxygen atoms in total. The predicted octanol–water partition coefficient (Wildman–Crippen LogP) is 6.36. The zero-order valence-electron chi connectivity index (χ0n) is 30.5. The summed E-state index contributed by atoms with van der Waals surface area (Å²) in [5.41, 5.74) is 6.68. The number of likely N-dealkylation sites (tertiary alicyclic amines) is 1. The Morgan fingerprint density at radius 3 is 2.37 bits per heavy atom. The van der Waals surface area contributed by atoms with Gasteiger partial charge in [0.05, 0.1) is 19.8 Å². The molecule has 4 atom stereocenters. The van der Waals surface area contributed by atoms with Gasteiger partial charge in [-0.1, -0.05) is 45.4 Å². The maximum atomic E-state index is 11.9. The van der Waals surface area contributed by atoms with E-state index in [-0.39, 0.29) is 17.7 Å². The first kappa shape index (κ1) is 42.5. The molecule has 5 rings (SSSR count). The number of hydrogen-bond acceptors (Lipinski definition) is 9. The number of methoxy groups -OCH3 is 1. The number of benzene rings is 1. The van der Waals surface area contributed by atoms with E-state index in [0.717, 1.165) is 88.3 Å². The summed E-state index contributed by atoms with van der Waals surface area (Å²) in [5.74, 6) is 2.50. The summed E-state index contributed by atoms with van der Waals surface area (Å²) in [6, 6.07) is 7.28. The Kier molecular flexibility index (Phi) is 21.9. The minimum Gasteiger partial charge on any atom is -0.453 e. The average Bonchev–Trinajstić information content (AvgIpc) is 3.72. The highest BCUT2D eigenvalue weighted by Crippen LogP contribution is 2.37. The number of amides is 1. The molecule has 0 bridgehead atoms. The van der Waals surface area contributed by atoms with Crippen molar-refractivity contribution in [2.24, 2.45) is 23.5 Å². The molecule has 11 heteroatoms. The number of alkyl halides is 1. The molecule has 0 radical (unpaired) electrons. The first-order chi connectivity index (χ1) is 23.8. The van der Waals surface area contributed by atoms with Crippen molar-refractivity contribution in [3.63, 3.8) is 0 Å². The van der Waals surface area contributed by atoms with Gasteiger partial charge in [-0.2, -0.15) is 0 Å². The Hall–Kier alpha value is -2.70. The predicted molar refractivity (Wildman–Crippen MR) is 195 cm³/mol. The van der Waals surface area contributed by atoms with Crippen LogP contribution in [-0.4, -0.2) is 108 Å². The summed E-state index contributed by atoms with van der Waals surface area (Å²) >= 11 is 0. The van der Waals surface area contributed by atoms with Crippen molar-refractivity contribution in [2.75, 3.05) is 72.1 Å². The Bertz CT molecular complexity index is 1170. The monoisotopic (exact) mass is 690 g/mol. The fourth-order valence-electron chi connectivity index (χ4n) is 6.73. The lowest BCUT2D eigenvalue weighted by Crippen LogP contribution is -2.38. The van der Waals surface area contributed by atoms with E-state index >= 15 is 0 Å². The molecule has 2 aromatic rings. The van der Waals surface area contributed by atoms with Crippen LogP contribution < -0.4 is 11.1 Å². The van der Waals surface area contributed by atoms with E-state index in [0.29, 0.717) is 30.4 Å². The van der Waals surface area contributed by atoms with Gasteiger partial charge in [0.1, 0.15) is 18.5 Å². The topological polar surface area (TPSA) is 127 Å². The number of nitrogens with two attached hydrogens (primary N) is 1. The minimum absolute atomic E-state index is 0.136. The van der Waals surface area contributed by atoms with Gasteiger partial charge in [0.25, 0.3) is 0 Å². The second kappa shape index (κ2) is 25.3. The van der Waals surface area contributed by atoms with Gasteiger partial charge in [0, 0.05) is 55.8 Å². The van der Waals surface area contributed by atoms with Gasteiger partial charge in [-0.3, -0.25) is 14.5 Å². The highest BCUT2D eigenvalue weighted by molar-refractivity contribution is 5.88. The van der Waals surface area contributed by atoms with Gasteiger partial charge in [-0.15, -0.1) is 0 Å². The third-order valence-corrected chi connectivity index (χ3v) is 10.0. The van der Waals surface area contributed by atoms with Crippen LogP contribution >= 0.6 is 0 Å². The van der Waals surface area contributed by atoms with Gasteiger partial charge >= 0.3 is 0 Å². The number of anilines is 1. The molecule has 1 saturated carbocycles. The lowest BCUT2D eigenvalue weighted by Gasteiger charge is -2.31. The zero-order chi connectivity index (χ0) is 35.9. The smallest absolute Gasteiger partial charge is 0.211 e. The number of carbonyl (C=O) groups excluding carboxylic acids is 3. The summed E-state index contributed by atoms with van der Waals surface area (Å²) in [6.07, 6.45) is 14.4. The van der Waals surface area contributed by atoms with E-state index in [4.69, 9.17) is 19.6 Å². The SMILES string of the molecule is CC1C(C2CCCCC2)CCN1C.CCC(C=O)CCCC(N)CF.COCCN1CCOCC1.O=CNc1ccc2oc(C=O)cc2c1. The summed E-state index contributed by atoms with van der Waals surface area (Å²) in [7, 11) is 4.02. The van der Waals surface area contributed by atoms with Crippen molar-refractivity contribution in [2.45, 2.75) is 90.1 Å². The number of rotatable bonds is 14. The van der Waals surface area contributed by atoms with Crippen LogP contribution in [0.1, 0.15) is 88.6 Å². The quantitative estimate of drug-likeness (QED) is 0.218. The standard InChI is InChI=1S/C12H23N.C10H7NO3.C9H18FNO.C7H15NO2/c1-10-12(8-9-13(10)2)11-6-4-3-5-7-11;12-5-9-4-7-3-8(11-6-13)1-2-10(7)14-9;1-2-8(7-12)4-3-5-9(11)6-10;1-9-5-2-8-3-6-10-7-4-8/h10-12H,3-9H2,1-2H3;1-6H,(H,11,13);7-9H,2-6,11H2,1H3;2-7H2,1H3. The van der Waals surface area contributed by atoms with Crippen LogP contribution in [0, 0.1) is 17.8 Å². The van der Waals surface area contributed by atoms with Crippen molar-refractivity contribution < 1.29 is 32.7 Å². The van der Waals surface area contributed by atoms with Gasteiger partial charge < -0.3 is 34.6 Å². The normalized spacial score (nSPS) is 21.2. The first-order valence-electron chi connectivity index (χ1n) is 18.2. The number of fused-ring (bicyclic) bond motifs is 1. The molecule has 4 unspecified atom stereocenters. The molecule has 3 aliphatic rings. The number of hydrogen-bond donors (Lipinski definition) is 2. The van der Waals surface area contributed by atoms with Crippen LogP contribution in [0.4, 0.5) is 10.1 Å². The Morgan fingerprint density at radius 2 is 1.80 bits per heavy atom. The minimum atomic E-state index is -0.460. The van der Waals surface area contributed by atoms with Crippen LogP contribution in [-0.2, 0) is 19.1 Å². The zero-order valence-corrected chi connectivity index (χ0v) is 30.5. The van der Waals surface area contributed by atoms with Gasteiger partial charge in [0.15, 0.2) is 12.0 Å². The molecule has 49 heavy (non-hydrogen) atoms. The lowest BCUT2D eigenvalue weighted by molar-refractivity contribution is -0.111. The van der Waals surface area contributed by atoms with E-state index in [1.54, 1.807) is 31.4 Å². The van der Waals surface area contributed by atoms with Crippen molar-refractivity contribution in [1.82, 2.24) is 9.80 Å².